The van der Waals surface area contributed by atoms with Crippen LogP contribution in [0.5, 0.6) is 0 Å². The SMILES string of the molecule is N#CCC[C@H](NC(=O)C1c2ccccc2-c2ccccc21)C(N)=O. The number of nitrogens with two attached hydrogens (primary N) is 1. The summed E-state index contributed by atoms with van der Waals surface area (Å²) in [5.74, 6) is -1.37. The average molecular weight is 319 g/mol. The predicted molar refractivity (Wildman–Crippen MR) is 89.7 cm³/mol. The molecule has 24 heavy (non-hydrogen) atoms. The molecule has 0 spiro atoms. The fourth-order valence-corrected chi connectivity index (χ4v) is 3.19. The Balaban J connectivity index is 1.92. The van der Waals surface area contributed by atoms with Gasteiger partial charge in [0.05, 0.1) is 12.0 Å². The third-order valence-electron chi connectivity index (χ3n) is 4.30. The number of nitriles is 1. The van der Waals surface area contributed by atoms with E-state index in [-0.39, 0.29) is 18.7 Å². The summed E-state index contributed by atoms with van der Waals surface area (Å²) in [4.78, 5) is 24.4. The van der Waals surface area contributed by atoms with Crippen molar-refractivity contribution >= 4 is 11.8 Å². The molecule has 0 radical (unpaired) electrons. The van der Waals surface area contributed by atoms with Crippen LogP contribution in [0.3, 0.4) is 0 Å². The minimum absolute atomic E-state index is 0.158. The summed E-state index contributed by atoms with van der Waals surface area (Å²) >= 11 is 0. The number of benzene rings is 2. The first kappa shape index (κ1) is 15.8. The molecule has 0 fully saturated rings. The lowest BCUT2D eigenvalue weighted by Gasteiger charge is -2.19. The molecule has 3 N–H and O–H groups in total. The Labute approximate surface area is 140 Å². The van der Waals surface area contributed by atoms with E-state index in [0.29, 0.717) is 0 Å². The lowest BCUT2D eigenvalue weighted by molar-refractivity contribution is -0.127. The molecule has 3 rings (SSSR count). The van der Waals surface area contributed by atoms with Crippen molar-refractivity contribution in [3.8, 4) is 17.2 Å². The first-order valence-corrected chi connectivity index (χ1v) is 7.78. The number of nitrogens with one attached hydrogen (secondary N) is 1. The lowest BCUT2D eigenvalue weighted by Crippen LogP contribution is -2.46. The van der Waals surface area contributed by atoms with Gasteiger partial charge in [0.1, 0.15) is 6.04 Å². The first-order chi connectivity index (χ1) is 11.6. The Morgan fingerprint density at radius 1 is 1.08 bits per heavy atom. The lowest BCUT2D eigenvalue weighted by atomic mass is 9.95. The van der Waals surface area contributed by atoms with Crippen LogP contribution < -0.4 is 11.1 Å². The van der Waals surface area contributed by atoms with E-state index < -0.39 is 17.9 Å². The highest BCUT2D eigenvalue weighted by Crippen LogP contribution is 2.44. The van der Waals surface area contributed by atoms with Crippen LogP contribution in [-0.4, -0.2) is 17.9 Å². The van der Waals surface area contributed by atoms with Crippen molar-refractivity contribution in [2.24, 2.45) is 5.73 Å². The van der Waals surface area contributed by atoms with Crippen LogP contribution in [0.25, 0.3) is 11.1 Å². The van der Waals surface area contributed by atoms with Gasteiger partial charge in [-0.1, -0.05) is 48.5 Å². The molecule has 0 aliphatic heterocycles. The monoisotopic (exact) mass is 319 g/mol. The minimum atomic E-state index is -0.836. The van der Waals surface area contributed by atoms with Gasteiger partial charge in [0.25, 0.3) is 0 Å². The molecule has 120 valence electrons. The van der Waals surface area contributed by atoms with Gasteiger partial charge >= 0.3 is 0 Å². The number of hydrogen-bond acceptors (Lipinski definition) is 3. The van der Waals surface area contributed by atoms with Crippen molar-refractivity contribution < 1.29 is 9.59 Å². The van der Waals surface area contributed by atoms with Crippen molar-refractivity contribution in [1.82, 2.24) is 5.32 Å². The zero-order valence-corrected chi connectivity index (χ0v) is 13.0. The number of rotatable bonds is 5. The molecule has 0 aromatic heterocycles. The predicted octanol–water partition coefficient (Wildman–Crippen LogP) is 2.07. The maximum absolute atomic E-state index is 12.8. The standard InChI is InChI=1S/C19H17N3O2/c20-11-5-10-16(18(21)23)22-19(24)17-14-8-3-1-6-12(14)13-7-2-4-9-15(13)17/h1-4,6-9,16-17H,5,10H2,(H2,21,23)(H,22,24)/t16-/m0/s1. The minimum Gasteiger partial charge on any atom is -0.368 e. The highest BCUT2D eigenvalue weighted by molar-refractivity contribution is 5.98. The van der Waals surface area contributed by atoms with E-state index in [1.54, 1.807) is 0 Å². The van der Waals surface area contributed by atoms with Crippen LogP contribution in [0.2, 0.25) is 0 Å². The number of fused-ring (bicyclic) bond motifs is 3. The van der Waals surface area contributed by atoms with Gasteiger partial charge in [-0.05, 0) is 28.7 Å². The highest BCUT2D eigenvalue weighted by Gasteiger charge is 2.34. The molecule has 1 atom stereocenters. The smallest absolute Gasteiger partial charge is 0.240 e. The molecule has 5 nitrogen and oxygen atoms in total. The number of hydrogen-bond donors (Lipinski definition) is 2. The van der Waals surface area contributed by atoms with Gasteiger partial charge < -0.3 is 11.1 Å². The fraction of sp³-hybridized carbons (Fsp3) is 0.211. The van der Waals surface area contributed by atoms with Crippen LogP contribution in [0.15, 0.2) is 48.5 Å². The van der Waals surface area contributed by atoms with Crippen LogP contribution in [0, 0.1) is 11.3 Å². The van der Waals surface area contributed by atoms with Crippen molar-refractivity contribution in [2.45, 2.75) is 24.8 Å². The molecular weight excluding hydrogens is 302 g/mol. The second kappa shape index (κ2) is 6.55. The molecule has 0 unspecified atom stereocenters. The van der Waals surface area contributed by atoms with E-state index in [2.05, 4.69) is 5.32 Å². The Morgan fingerprint density at radius 2 is 1.62 bits per heavy atom. The van der Waals surface area contributed by atoms with Gasteiger partial charge in [-0.3, -0.25) is 9.59 Å². The maximum atomic E-state index is 12.8. The second-order valence-corrected chi connectivity index (χ2v) is 5.77. The van der Waals surface area contributed by atoms with Gasteiger partial charge in [-0.25, -0.2) is 0 Å². The van der Waals surface area contributed by atoms with Crippen molar-refractivity contribution in [3.05, 3.63) is 59.7 Å². The van der Waals surface area contributed by atoms with E-state index in [1.807, 2.05) is 54.6 Å². The summed E-state index contributed by atoms with van der Waals surface area (Å²) in [5, 5.41) is 11.4. The number of nitrogens with zero attached hydrogens (tertiary/aromatic N) is 1. The summed E-state index contributed by atoms with van der Waals surface area (Å²) in [6.45, 7) is 0. The van der Waals surface area contributed by atoms with Crippen LogP contribution in [0.4, 0.5) is 0 Å². The van der Waals surface area contributed by atoms with Crippen LogP contribution in [0.1, 0.15) is 29.9 Å². The number of carbonyl (C=O) groups excluding carboxylic acids is 2. The van der Waals surface area contributed by atoms with E-state index in [0.717, 1.165) is 22.3 Å². The normalized spacial score (nSPS) is 13.5. The van der Waals surface area contributed by atoms with Crippen LogP contribution >= 0.6 is 0 Å². The summed E-state index contributed by atoms with van der Waals surface area (Å²) < 4.78 is 0. The summed E-state index contributed by atoms with van der Waals surface area (Å²) in [6.07, 6.45) is 0.374. The average Bonchev–Trinajstić information content (AvgIpc) is 2.93. The Morgan fingerprint density at radius 3 is 2.12 bits per heavy atom. The maximum Gasteiger partial charge on any atom is 0.240 e. The Hall–Kier alpha value is -3.13. The summed E-state index contributed by atoms with van der Waals surface area (Å²) in [6, 6.07) is 16.6. The molecule has 0 saturated carbocycles. The van der Waals surface area contributed by atoms with Gasteiger partial charge in [0.15, 0.2) is 0 Å². The molecule has 2 aromatic rings. The Kier molecular flexibility index (Phi) is 4.30. The highest BCUT2D eigenvalue weighted by atomic mass is 16.2. The Bertz CT molecular complexity index is 793. The molecule has 0 bridgehead atoms. The number of amides is 2. The molecule has 2 aromatic carbocycles. The van der Waals surface area contributed by atoms with Gasteiger partial charge in [-0.15, -0.1) is 0 Å². The molecule has 0 saturated heterocycles. The topological polar surface area (TPSA) is 96.0 Å². The molecule has 5 heteroatoms. The van der Waals surface area contributed by atoms with E-state index in [4.69, 9.17) is 11.0 Å². The van der Waals surface area contributed by atoms with Crippen molar-refractivity contribution in [1.29, 1.82) is 5.26 Å². The summed E-state index contributed by atoms with van der Waals surface area (Å²) in [5.41, 5.74) is 9.24. The molecule has 1 aliphatic carbocycles. The quantitative estimate of drug-likeness (QED) is 0.883. The first-order valence-electron chi connectivity index (χ1n) is 7.78. The van der Waals surface area contributed by atoms with Gasteiger partial charge in [0, 0.05) is 6.42 Å². The van der Waals surface area contributed by atoms with E-state index in [1.165, 1.54) is 0 Å². The fourth-order valence-electron chi connectivity index (χ4n) is 3.19. The third-order valence-corrected chi connectivity index (χ3v) is 4.30. The van der Waals surface area contributed by atoms with Crippen molar-refractivity contribution in [2.75, 3.05) is 0 Å². The number of primary amides is 1. The largest absolute Gasteiger partial charge is 0.368 e. The molecule has 2 amide bonds. The molecule has 1 aliphatic rings. The van der Waals surface area contributed by atoms with Crippen molar-refractivity contribution in [3.63, 3.8) is 0 Å². The third kappa shape index (κ3) is 2.74. The molecular formula is C19H17N3O2. The van der Waals surface area contributed by atoms with E-state index in [9.17, 15) is 9.59 Å². The van der Waals surface area contributed by atoms with Gasteiger partial charge in [-0.2, -0.15) is 5.26 Å². The van der Waals surface area contributed by atoms with Gasteiger partial charge in [0.2, 0.25) is 11.8 Å². The zero-order valence-electron chi connectivity index (χ0n) is 13.0. The van der Waals surface area contributed by atoms with Crippen LogP contribution in [-0.2, 0) is 9.59 Å². The molecule has 0 heterocycles. The van der Waals surface area contributed by atoms with E-state index >= 15 is 0 Å². The number of carbonyl (C=O) groups is 2. The zero-order chi connectivity index (χ0) is 17.1. The summed E-state index contributed by atoms with van der Waals surface area (Å²) in [7, 11) is 0. The second-order valence-electron chi connectivity index (χ2n) is 5.77.